The molecule has 0 saturated heterocycles. The predicted octanol–water partition coefficient (Wildman–Crippen LogP) is 9.33. The molecular weight excluding hydrogens is 594 g/mol. The SMILES string of the molecule is Cc1ccc(-c2cc(-c3ccc(Cl)cc3)nc(SC(C)C(=O)Nc3ccc(C(=O)C=Cc4cccs4)cc3)c2C#N)cc1. The van der Waals surface area contributed by atoms with Crippen molar-refractivity contribution in [1.82, 2.24) is 4.98 Å². The van der Waals surface area contributed by atoms with Crippen molar-refractivity contribution in [3.05, 3.63) is 129 Å². The Morgan fingerprint density at radius 3 is 2.35 bits per heavy atom. The fourth-order valence-corrected chi connectivity index (χ4v) is 5.94. The smallest absolute Gasteiger partial charge is 0.237 e. The third-order valence-corrected chi connectivity index (χ3v) is 8.81. The number of nitrogens with one attached hydrogen (secondary N) is 1. The molecule has 1 atom stereocenters. The number of ketones is 1. The van der Waals surface area contributed by atoms with Crippen molar-refractivity contribution in [3.63, 3.8) is 0 Å². The molecule has 212 valence electrons. The predicted molar refractivity (Wildman–Crippen MR) is 178 cm³/mol. The van der Waals surface area contributed by atoms with E-state index in [2.05, 4.69) is 11.4 Å². The van der Waals surface area contributed by atoms with Crippen LogP contribution in [0.15, 0.2) is 107 Å². The number of carbonyl (C=O) groups is 2. The molecule has 0 saturated carbocycles. The molecule has 8 heteroatoms. The van der Waals surface area contributed by atoms with Crippen molar-refractivity contribution in [2.45, 2.75) is 24.1 Å². The summed E-state index contributed by atoms with van der Waals surface area (Å²) in [7, 11) is 0. The van der Waals surface area contributed by atoms with E-state index in [0.29, 0.717) is 32.6 Å². The van der Waals surface area contributed by atoms with E-state index >= 15 is 0 Å². The highest BCUT2D eigenvalue weighted by Gasteiger charge is 2.22. The van der Waals surface area contributed by atoms with E-state index in [9.17, 15) is 14.9 Å². The Labute approximate surface area is 263 Å². The largest absolute Gasteiger partial charge is 0.325 e. The lowest BCUT2D eigenvalue weighted by Gasteiger charge is -2.16. The molecule has 0 bridgehead atoms. The number of hydrogen-bond donors (Lipinski definition) is 1. The molecule has 0 spiro atoms. The van der Waals surface area contributed by atoms with Crippen LogP contribution in [0.3, 0.4) is 0 Å². The Bertz CT molecular complexity index is 1830. The van der Waals surface area contributed by atoms with Gasteiger partial charge < -0.3 is 5.32 Å². The second-order valence-corrected chi connectivity index (χ2v) is 12.5. The number of aromatic nitrogens is 1. The summed E-state index contributed by atoms with van der Waals surface area (Å²) in [6.07, 6.45) is 3.33. The van der Waals surface area contributed by atoms with Crippen LogP contribution in [0.2, 0.25) is 5.02 Å². The highest BCUT2D eigenvalue weighted by molar-refractivity contribution is 8.00. The molecule has 0 fully saturated rings. The number of nitrogens with zero attached hydrogens (tertiary/aromatic N) is 2. The van der Waals surface area contributed by atoms with E-state index in [0.717, 1.165) is 27.1 Å². The second kappa shape index (κ2) is 13.7. The van der Waals surface area contributed by atoms with Crippen molar-refractivity contribution < 1.29 is 9.59 Å². The zero-order valence-corrected chi connectivity index (χ0v) is 25.8. The number of aryl methyl sites for hydroxylation is 1. The van der Waals surface area contributed by atoms with Gasteiger partial charge >= 0.3 is 0 Å². The highest BCUT2D eigenvalue weighted by Crippen LogP contribution is 2.36. The second-order valence-electron chi connectivity index (χ2n) is 9.76. The van der Waals surface area contributed by atoms with Gasteiger partial charge in [-0.1, -0.05) is 71.4 Å². The third-order valence-electron chi connectivity index (χ3n) is 6.64. The van der Waals surface area contributed by atoms with E-state index in [4.69, 9.17) is 16.6 Å². The lowest BCUT2D eigenvalue weighted by Crippen LogP contribution is -2.22. The lowest BCUT2D eigenvalue weighted by atomic mass is 9.98. The Balaban J connectivity index is 1.37. The number of allylic oxidation sites excluding steroid dienone is 1. The number of rotatable bonds is 9. The first-order valence-corrected chi connectivity index (χ1v) is 15.6. The number of thioether (sulfide) groups is 1. The number of halogens is 1. The summed E-state index contributed by atoms with van der Waals surface area (Å²) in [5.74, 6) is -0.364. The van der Waals surface area contributed by atoms with Crippen LogP contribution in [0.1, 0.15) is 33.3 Å². The fraction of sp³-hybridized carbons (Fsp3) is 0.0857. The summed E-state index contributed by atoms with van der Waals surface area (Å²) in [5, 5.41) is 15.6. The minimum absolute atomic E-state index is 0.116. The zero-order chi connectivity index (χ0) is 30.3. The van der Waals surface area contributed by atoms with Crippen LogP contribution in [0, 0.1) is 18.3 Å². The number of nitriles is 1. The van der Waals surface area contributed by atoms with Crippen LogP contribution in [0.25, 0.3) is 28.5 Å². The maximum absolute atomic E-state index is 13.2. The lowest BCUT2D eigenvalue weighted by molar-refractivity contribution is -0.115. The van der Waals surface area contributed by atoms with Gasteiger partial charge in [0, 0.05) is 32.3 Å². The van der Waals surface area contributed by atoms with Crippen molar-refractivity contribution in [3.8, 4) is 28.5 Å². The summed E-state index contributed by atoms with van der Waals surface area (Å²) in [6.45, 7) is 3.79. The van der Waals surface area contributed by atoms with Crippen LogP contribution >= 0.6 is 34.7 Å². The minimum Gasteiger partial charge on any atom is -0.325 e. The molecule has 2 aromatic heterocycles. The van der Waals surface area contributed by atoms with Gasteiger partial charge in [0.15, 0.2) is 5.78 Å². The van der Waals surface area contributed by atoms with Gasteiger partial charge in [0.25, 0.3) is 0 Å². The summed E-state index contributed by atoms with van der Waals surface area (Å²) < 4.78 is 0. The third kappa shape index (κ3) is 7.49. The number of pyridine rings is 1. The van der Waals surface area contributed by atoms with Crippen molar-refractivity contribution in [2.75, 3.05) is 5.32 Å². The highest BCUT2D eigenvalue weighted by atomic mass is 35.5. The quantitative estimate of drug-likeness (QED) is 0.101. The van der Waals surface area contributed by atoms with E-state index < -0.39 is 5.25 Å². The summed E-state index contributed by atoms with van der Waals surface area (Å²) >= 11 is 8.90. The van der Waals surface area contributed by atoms with Gasteiger partial charge in [-0.3, -0.25) is 9.59 Å². The average molecular weight is 620 g/mol. The molecule has 43 heavy (non-hydrogen) atoms. The maximum atomic E-state index is 13.2. The molecule has 0 aliphatic carbocycles. The van der Waals surface area contributed by atoms with Gasteiger partial charge in [-0.15, -0.1) is 11.3 Å². The first kappa shape index (κ1) is 30.0. The summed E-state index contributed by atoms with van der Waals surface area (Å²) in [5.41, 5.74) is 5.77. The molecule has 0 radical (unpaired) electrons. The van der Waals surface area contributed by atoms with Crippen LogP contribution in [-0.2, 0) is 4.79 Å². The number of benzene rings is 3. The van der Waals surface area contributed by atoms with Crippen molar-refractivity contribution in [1.29, 1.82) is 5.26 Å². The van der Waals surface area contributed by atoms with Gasteiger partial charge in [-0.2, -0.15) is 5.26 Å². The molecule has 5 rings (SSSR count). The van der Waals surface area contributed by atoms with Crippen molar-refractivity contribution in [2.24, 2.45) is 0 Å². The zero-order valence-electron chi connectivity index (χ0n) is 23.4. The van der Waals surface area contributed by atoms with E-state index in [1.54, 1.807) is 66.8 Å². The minimum atomic E-state index is -0.569. The average Bonchev–Trinajstić information content (AvgIpc) is 3.54. The molecule has 5 nitrogen and oxygen atoms in total. The Morgan fingerprint density at radius 2 is 1.70 bits per heavy atom. The standard InChI is InChI=1S/C35H26ClN3O2S2/c1-22-5-7-24(8-6-22)30-20-32(25-9-13-27(36)14-10-25)39-35(31(30)21-37)43-23(2)34(41)38-28-15-11-26(12-16-28)33(40)18-17-29-4-3-19-42-29/h3-20,23H,1-2H3,(H,38,41). The van der Waals surface area contributed by atoms with Crippen LogP contribution in [-0.4, -0.2) is 21.9 Å². The number of hydrogen-bond acceptors (Lipinski definition) is 6. The van der Waals surface area contributed by atoms with Crippen molar-refractivity contribution >= 4 is 58.2 Å². The van der Waals surface area contributed by atoms with E-state index in [1.807, 2.05) is 66.9 Å². The van der Waals surface area contributed by atoms with E-state index in [1.165, 1.54) is 11.8 Å². The fourth-order valence-electron chi connectivity index (χ4n) is 4.27. The molecule has 1 N–H and O–H groups in total. The number of carbonyl (C=O) groups excluding carboxylic acids is 2. The van der Waals surface area contributed by atoms with Crippen LogP contribution in [0.5, 0.6) is 0 Å². The Morgan fingerprint density at radius 1 is 1.00 bits per heavy atom. The summed E-state index contributed by atoms with van der Waals surface area (Å²) in [4.78, 5) is 31.6. The maximum Gasteiger partial charge on any atom is 0.237 e. The monoisotopic (exact) mass is 619 g/mol. The van der Waals surface area contributed by atoms with E-state index in [-0.39, 0.29) is 11.7 Å². The topological polar surface area (TPSA) is 82.8 Å². The molecule has 2 heterocycles. The van der Waals surface area contributed by atoms with Gasteiger partial charge in [-0.05, 0) is 85.5 Å². The first-order valence-electron chi connectivity index (χ1n) is 13.4. The molecule has 5 aromatic rings. The molecular formula is C35H26ClN3O2S2. The van der Waals surface area contributed by atoms with Crippen LogP contribution in [0.4, 0.5) is 5.69 Å². The van der Waals surface area contributed by atoms with Gasteiger partial charge in [-0.25, -0.2) is 4.98 Å². The van der Waals surface area contributed by atoms with Gasteiger partial charge in [0.2, 0.25) is 5.91 Å². The number of amides is 1. The Kier molecular flexibility index (Phi) is 9.53. The molecule has 1 amide bonds. The molecule has 1 unspecified atom stereocenters. The van der Waals surface area contributed by atoms with Gasteiger partial charge in [0.1, 0.15) is 11.1 Å². The molecule has 0 aliphatic heterocycles. The Hall–Kier alpha value is -4.48. The van der Waals surface area contributed by atoms with Crippen LogP contribution < -0.4 is 5.32 Å². The normalized spacial score (nSPS) is 11.7. The molecule has 0 aliphatic rings. The summed E-state index contributed by atoms with van der Waals surface area (Å²) in [6, 6.07) is 30.2. The van der Waals surface area contributed by atoms with Gasteiger partial charge in [0.05, 0.1) is 16.5 Å². The first-order chi connectivity index (χ1) is 20.8. The molecule has 3 aromatic carbocycles. The number of thiophene rings is 1. The number of anilines is 1.